The zero-order valence-corrected chi connectivity index (χ0v) is 18.7. The van der Waals surface area contributed by atoms with Crippen LogP contribution in [0.1, 0.15) is 30.5 Å². The summed E-state index contributed by atoms with van der Waals surface area (Å²) >= 11 is 0. The van der Waals surface area contributed by atoms with Crippen LogP contribution in [0.15, 0.2) is 42.5 Å². The molecular weight excluding hydrogens is 388 g/mol. The number of amides is 1. The van der Waals surface area contributed by atoms with Crippen LogP contribution in [-0.4, -0.2) is 39.3 Å². The van der Waals surface area contributed by atoms with Gasteiger partial charge in [0.15, 0.2) is 0 Å². The highest BCUT2D eigenvalue weighted by atomic mass is 32.2. The van der Waals surface area contributed by atoms with E-state index in [1.807, 2.05) is 58.0 Å². The second-order valence-electron chi connectivity index (χ2n) is 7.57. The van der Waals surface area contributed by atoms with Gasteiger partial charge in [-0.3, -0.25) is 9.10 Å². The molecule has 0 aliphatic carbocycles. The van der Waals surface area contributed by atoms with Crippen LogP contribution < -0.4 is 14.4 Å². The molecule has 0 unspecified atom stereocenters. The van der Waals surface area contributed by atoms with Crippen molar-refractivity contribution >= 4 is 21.6 Å². The first kappa shape index (κ1) is 22.7. The topological polar surface area (TPSA) is 75.7 Å². The molecule has 0 fully saturated rings. The maximum absolute atomic E-state index is 12.8. The molecule has 1 N–H and O–H groups in total. The third kappa shape index (κ3) is 6.22. The summed E-state index contributed by atoms with van der Waals surface area (Å²) in [5.41, 5.74) is 3.36. The Labute approximate surface area is 173 Å². The number of para-hydroxylation sites is 1. The number of rotatable bonds is 8. The molecule has 2 aromatic carbocycles. The molecular formula is C22H30N2O4S. The summed E-state index contributed by atoms with van der Waals surface area (Å²) in [6.07, 6.45) is 1.11. The van der Waals surface area contributed by atoms with Crippen LogP contribution in [0.4, 0.5) is 5.69 Å². The number of aryl methyl sites for hydroxylation is 3. The summed E-state index contributed by atoms with van der Waals surface area (Å²) in [7, 11) is -3.65. The Morgan fingerprint density at radius 2 is 1.66 bits per heavy atom. The molecule has 2 atom stereocenters. The number of carbonyl (C=O) groups is 1. The van der Waals surface area contributed by atoms with Gasteiger partial charge in [-0.2, -0.15) is 0 Å². The summed E-state index contributed by atoms with van der Waals surface area (Å²) < 4.78 is 31.9. The highest BCUT2D eigenvalue weighted by Gasteiger charge is 2.30. The lowest BCUT2D eigenvalue weighted by Crippen LogP contribution is -2.50. The van der Waals surface area contributed by atoms with E-state index in [9.17, 15) is 13.2 Å². The molecule has 2 rings (SSSR count). The maximum Gasteiger partial charge on any atom is 0.243 e. The first-order chi connectivity index (χ1) is 13.5. The largest absolute Gasteiger partial charge is 0.491 e. The van der Waals surface area contributed by atoms with Gasteiger partial charge in [0.25, 0.3) is 0 Å². The van der Waals surface area contributed by atoms with E-state index >= 15 is 0 Å². The van der Waals surface area contributed by atoms with Gasteiger partial charge >= 0.3 is 0 Å². The first-order valence-corrected chi connectivity index (χ1v) is 11.4. The van der Waals surface area contributed by atoms with Gasteiger partial charge in [0.2, 0.25) is 15.9 Å². The zero-order chi connectivity index (χ0) is 21.8. The van der Waals surface area contributed by atoms with Gasteiger partial charge in [-0.15, -0.1) is 0 Å². The van der Waals surface area contributed by atoms with E-state index in [1.54, 1.807) is 19.1 Å². The van der Waals surface area contributed by atoms with Crippen LogP contribution in [0, 0.1) is 20.8 Å². The average molecular weight is 419 g/mol. The standard InChI is InChI=1S/C22H30N2O4S/c1-15-11-16(2)13-20(12-15)24(29(6,26)27)19(5)22(25)23-18(4)14-28-21-10-8-7-9-17(21)3/h7-13,18-19H,14H2,1-6H3,(H,23,25)/t18-,19+/m0/s1. The van der Waals surface area contributed by atoms with Gasteiger partial charge in [-0.25, -0.2) is 8.42 Å². The Kier molecular flexibility index (Phi) is 7.30. The number of nitrogens with zero attached hydrogens (tertiary/aromatic N) is 1. The van der Waals surface area contributed by atoms with Crippen LogP contribution in [0.25, 0.3) is 0 Å². The molecule has 0 saturated carbocycles. The molecule has 0 spiro atoms. The predicted octanol–water partition coefficient (Wildman–Crippen LogP) is 3.35. The number of nitrogens with one attached hydrogen (secondary N) is 1. The monoisotopic (exact) mass is 418 g/mol. The molecule has 0 heterocycles. The normalized spacial score (nSPS) is 13.4. The Morgan fingerprint density at radius 3 is 2.21 bits per heavy atom. The van der Waals surface area contributed by atoms with Gasteiger partial charge in [-0.05, 0) is 69.5 Å². The van der Waals surface area contributed by atoms with E-state index < -0.39 is 16.1 Å². The third-order valence-electron chi connectivity index (χ3n) is 4.52. The van der Waals surface area contributed by atoms with Crippen molar-refractivity contribution in [2.45, 2.75) is 46.7 Å². The van der Waals surface area contributed by atoms with E-state index in [0.29, 0.717) is 5.69 Å². The summed E-state index contributed by atoms with van der Waals surface area (Å²) in [5, 5.41) is 2.85. The Hall–Kier alpha value is -2.54. The van der Waals surface area contributed by atoms with Crippen molar-refractivity contribution in [3.8, 4) is 5.75 Å². The highest BCUT2D eigenvalue weighted by Crippen LogP contribution is 2.24. The van der Waals surface area contributed by atoms with Gasteiger partial charge in [-0.1, -0.05) is 24.3 Å². The minimum absolute atomic E-state index is 0.283. The number of anilines is 1. The summed E-state index contributed by atoms with van der Waals surface area (Å²) in [6.45, 7) is 9.44. The predicted molar refractivity (Wildman–Crippen MR) is 117 cm³/mol. The van der Waals surface area contributed by atoms with Crippen LogP contribution in [0.5, 0.6) is 5.75 Å². The molecule has 0 aliphatic rings. The number of benzene rings is 2. The van der Waals surface area contributed by atoms with E-state index in [4.69, 9.17) is 4.74 Å². The fourth-order valence-electron chi connectivity index (χ4n) is 3.22. The lowest BCUT2D eigenvalue weighted by atomic mass is 10.1. The SMILES string of the molecule is Cc1cc(C)cc(N([C@H](C)C(=O)N[C@@H](C)COc2ccccc2C)S(C)(=O)=O)c1. The van der Waals surface area contributed by atoms with Crippen LogP contribution in [0.3, 0.4) is 0 Å². The van der Waals surface area contributed by atoms with Crippen molar-refractivity contribution in [3.05, 3.63) is 59.2 Å². The van der Waals surface area contributed by atoms with Crippen LogP contribution in [0.2, 0.25) is 0 Å². The Balaban J connectivity index is 2.11. The maximum atomic E-state index is 12.8. The van der Waals surface area contributed by atoms with Crippen molar-refractivity contribution in [1.29, 1.82) is 0 Å². The zero-order valence-electron chi connectivity index (χ0n) is 17.9. The highest BCUT2D eigenvalue weighted by molar-refractivity contribution is 7.92. The molecule has 2 aromatic rings. The lowest BCUT2D eigenvalue weighted by molar-refractivity contribution is -0.122. The molecule has 158 valence electrons. The summed E-state index contributed by atoms with van der Waals surface area (Å²) in [4.78, 5) is 12.8. The van der Waals surface area contributed by atoms with E-state index in [0.717, 1.165) is 33.0 Å². The van der Waals surface area contributed by atoms with Gasteiger partial charge < -0.3 is 10.1 Å². The first-order valence-electron chi connectivity index (χ1n) is 9.55. The molecule has 0 bridgehead atoms. The minimum Gasteiger partial charge on any atom is -0.491 e. The van der Waals surface area contributed by atoms with Crippen molar-refractivity contribution in [3.63, 3.8) is 0 Å². The lowest BCUT2D eigenvalue weighted by Gasteiger charge is -2.29. The number of carbonyl (C=O) groups excluding carboxylic acids is 1. The average Bonchev–Trinajstić information content (AvgIpc) is 2.59. The van der Waals surface area contributed by atoms with Gasteiger partial charge in [0.05, 0.1) is 18.0 Å². The Bertz CT molecular complexity index is 952. The molecule has 29 heavy (non-hydrogen) atoms. The van der Waals surface area contributed by atoms with E-state index in [1.165, 1.54) is 0 Å². The van der Waals surface area contributed by atoms with Crippen LogP contribution in [-0.2, 0) is 14.8 Å². The summed E-state index contributed by atoms with van der Waals surface area (Å²) in [6, 6.07) is 12.0. The van der Waals surface area contributed by atoms with Crippen molar-refractivity contribution < 1.29 is 17.9 Å². The molecule has 6 nitrogen and oxygen atoms in total. The van der Waals surface area contributed by atoms with E-state index in [-0.39, 0.29) is 18.6 Å². The number of hydrogen-bond donors (Lipinski definition) is 1. The van der Waals surface area contributed by atoms with E-state index in [2.05, 4.69) is 5.32 Å². The molecule has 0 aliphatic heterocycles. The van der Waals surface area contributed by atoms with Crippen molar-refractivity contribution in [2.75, 3.05) is 17.2 Å². The van der Waals surface area contributed by atoms with Crippen LogP contribution >= 0.6 is 0 Å². The second kappa shape index (κ2) is 9.31. The minimum atomic E-state index is -3.65. The number of sulfonamides is 1. The fraction of sp³-hybridized carbons (Fsp3) is 0.409. The second-order valence-corrected chi connectivity index (χ2v) is 9.43. The molecule has 0 radical (unpaired) electrons. The number of hydrogen-bond acceptors (Lipinski definition) is 4. The molecule has 7 heteroatoms. The quantitative estimate of drug-likeness (QED) is 0.713. The van der Waals surface area contributed by atoms with Gasteiger partial charge in [0, 0.05) is 0 Å². The third-order valence-corrected chi connectivity index (χ3v) is 5.76. The van der Waals surface area contributed by atoms with Gasteiger partial charge in [0.1, 0.15) is 18.4 Å². The van der Waals surface area contributed by atoms with Crippen molar-refractivity contribution in [2.24, 2.45) is 0 Å². The molecule has 0 saturated heterocycles. The smallest absolute Gasteiger partial charge is 0.243 e. The Morgan fingerprint density at radius 1 is 1.07 bits per heavy atom. The van der Waals surface area contributed by atoms with Crippen molar-refractivity contribution in [1.82, 2.24) is 5.32 Å². The summed E-state index contributed by atoms with van der Waals surface area (Å²) in [5.74, 6) is 0.380. The number of ether oxygens (including phenoxy) is 1. The molecule has 1 amide bonds. The molecule has 0 aromatic heterocycles. The fourth-order valence-corrected chi connectivity index (χ4v) is 4.38.